The average Bonchev–Trinajstić information content (AvgIpc) is 2.90. The van der Waals surface area contributed by atoms with Gasteiger partial charge >= 0.3 is 29.6 Å². The number of hydrogen-bond acceptors (Lipinski definition) is 4. The first-order valence-corrected chi connectivity index (χ1v) is 7.45. The average molecular weight is 321 g/mol. The van der Waals surface area contributed by atoms with E-state index < -0.39 is 11.1 Å². The van der Waals surface area contributed by atoms with E-state index in [1.807, 2.05) is 37.3 Å². The Kier molecular flexibility index (Phi) is 5.72. The van der Waals surface area contributed by atoms with Gasteiger partial charge in [-0.1, -0.05) is 47.6 Å². The van der Waals surface area contributed by atoms with Crippen molar-refractivity contribution in [2.24, 2.45) is 0 Å². The molecule has 0 radical (unpaired) electrons. The molecule has 1 heterocycles. The van der Waals surface area contributed by atoms with E-state index in [4.69, 9.17) is 4.52 Å². The summed E-state index contributed by atoms with van der Waals surface area (Å²) >= 11 is -2.22. The summed E-state index contributed by atoms with van der Waals surface area (Å²) in [4.78, 5) is 0.258. The zero-order chi connectivity index (χ0) is 14.8. The quantitative estimate of drug-likeness (QED) is 0.522. The molecule has 0 amide bonds. The summed E-state index contributed by atoms with van der Waals surface area (Å²) in [5.41, 5.74) is 3.47. The van der Waals surface area contributed by atoms with Crippen molar-refractivity contribution in [2.75, 3.05) is 0 Å². The van der Waals surface area contributed by atoms with E-state index in [9.17, 15) is 8.76 Å². The molecule has 0 aliphatic heterocycles. The van der Waals surface area contributed by atoms with Gasteiger partial charge in [0.2, 0.25) is 0 Å². The van der Waals surface area contributed by atoms with Gasteiger partial charge in [-0.25, -0.2) is 0 Å². The second-order valence-electron chi connectivity index (χ2n) is 4.59. The van der Waals surface area contributed by atoms with Gasteiger partial charge in [0.05, 0.1) is 5.56 Å². The first kappa shape index (κ1) is 17.1. The van der Waals surface area contributed by atoms with Gasteiger partial charge in [-0.2, -0.15) is 0 Å². The van der Waals surface area contributed by atoms with E-state index in [2.05, 4.69) is 5.16 Å². The molecule has 6 heteroatoms. The fourth-order valence-electron chi connectivity index (χ4n) is 2.24. The number of nitrogens with zero attached hydrogens (tertiary/aromatic N) is 1. The first-order chi connectivity index (χ1) is 10.2. The molecule has 1 unspecified atom stereocenters. The van der Waals surface area contributed by atoms with Crippen molar-refractivity contribution in [2.45, 2.75) is 11.8 Å². The van der Waals surface area contributed by atoms with Crippen LogP contribution in [0.4, 0.5) is 0 Å². The van der Waals surface area contributed by atoms with Gasteiger partial charge in [0.15, 0.2) is 0 Å². The van der Waals surface area contributed by atoms with Crippen molar-refractivity contribution in [3.05, 3.63) is 60.4 Å². The summed E-state index contributed by atoms with van der Waals surface area (Å²) < 4.78 is 27.2. The van der Waals surface area contributed by atoms with E-state index in [-0.39, 0.29) is 34.5 Å². The summed E-state index contributed by atoms with van der Waals surface area (Å²) in [5, 5.41) is 4.12. The minimum Gasteiger partial charge on any atom is -0.768 e. The van der Waals surface area contributed by atoms with Crippen molar-refractivity contribution in [3.8, 4) is 22.4 Å². The molecule has 0 saturated carbocycles. The van der Waals surface area contributed by atoms with Gasteiger partial charge in [0, 0.05) is 10.5 Å². The van der Waals surface area contributed by atoms with Gasteiger partial charge in [-0.05, 0) is 35.7 Å². The Morgan fingerprint density at radius 1 is 1.00 bits per heavy atom. The molecule has 2 aromatic carbocycles. The maximum absolute atomic E-state index is 10.9. The van der Waals surface area contributed by atoms with Crippen molar-refractivity contribution in [1.82, 2.24) is 5.16 Å². The normalized spacial score (nSPS) is 11.7. The second kappa shape index (κ2) is 7.35. The maximum atomic E-state index is 10.9. The fourth-order valence-corrected chi connectivity index (χ4v) is 2.60. The molecule has 106 valence electrons. The SMILES string of the molecule is Cc1onc(-c2ccccc2)c1-c1ccc(S(=O)[O-])cc1.[Na+]. The number of hydrogen-bond donors (Lipinski definition) is 0. The van der Waals surface area contributed by atoms with E-state index >= 15 is 0 Å². The molecule has 3 aromatic rings. The third kappa shape index (κ3) is 3.39. The van der Waals surface area contributed by atoms with Crippen molar-refractivity contribution < 1.29 is 42.8 Å². The number of benzene rings is 2. The maximum Gasteiger partial charge on any atom is 1.00 e. The van der Waals surface area contributed by atoms with E-state index in [0.29, 0.717) is 5.76 Å². The van der Waals surface area contributed by atoms with Gasteiger partial charge < -0.3 is 9.08 Å². The van der Waals surface area contributed by atoms with Crippen LogP contribution in [-0.4, -0.2) is 13.9 Å². The van der Waals surface area contributed by atoms with Gasteiger partial charge in [0.1, 0.15) is 11.5 Å². The van der Waals surface area contributed by atoms with Crippen LogP contribution in [0.15, 0.2) is 64.0 Å². The summed E-state index contributed by atoms with van der Waals surface area (Å²) in [6.07, 6.45) is 0. The minimum atomic E-state index is -2.22. The Bertz CT molecular complexity index is 785. The molecule has 0 N–H and O–H groups in total. The van der Waals surface area contributed by atoms with Crippen LogP contribution in [0.2, 0.25) is 0 Å². The van der Waals surface area contributed by atoms with Crippen molar-refractivity contribution in [1.29, 1.82) is 0 Å². The monoisotopic (exact) mass is 321 g/mol. The van der Waals surface area contributed by atoms with Crippen LogP contribution < -0.4 is 29.6 Å². The van der Waals surface area contributed by atoms with Crippen LogP contribution >= 0.6 is 0 Å². The number of aryl methyl sites for hydroxylation is 1. The minimum absolute atomic E-state index is 0. The van der Waals surface area contributed by atoms with E-state index in [1.54, 1.807) is 24.3 Å². The van der Waals surface area contributed by atoms with Gasteiger partial charge in [0.25, 0.3) is 0 Å². The standard InChI is InChI=1S/C16H13NO3S.Na/c1-11-15(12-7-9-14(10-8-12)21(18)19)16(17-20-11)13-5-3-2-4-6-13;/h2-10H,1H3,(H,18,19);/q;+1/p-1. The molecule has 3 rings (SSSR count). The van der Waals surface area contributed by atoms with Crippen LogP contribution in [0.25, 0.3) is 22.4 Å². The fraction of sp³-hybridized carbons (Fsp3) is 0.0625. The van der Waals surface area contributed by atoms with Crippen LogP contribution in [0, 0.1) is 6.92 Å². The van der Waals surface area contributed by atoms with Crippen LogP contribution in [0.3, 0.4) is 0 Å². The Morgan fingerprint density at radius 2 is 1.64 bits per heavy atom. The van der Waals surface area contributed by atoms with Crippen LogP contribution in [0.5, 0.6) is 0 Å². The summed E-state index contributed by atoms with van der Waals surface area (Å²) in [6.45, 7) is 1.84. The molecule has 1 atom stereocenters. The zero-order valence-corrected chi connectivity index (χ0v) is 15.1. The van der Waals surface area contributed by atoms with Crippen LogP contribution in [0.1, 0.15) is 5.76 Å². The second-order valence-corrected chi connectivity index (χ2v) is 5.53. The number of aromatic nitrogens is 1. The molecule has 0 spiro atoms. The Labute approximate surface area is 153 Å². The topological polar surface area (TPSA) is 66.2 Å². The molecule has 0 bridgehead atoms. The summed E-state index contributed by atoms with van der Waals surface area (Å²) in [7, 11) is 0. The Hall–Kier alpha value is -1.24. The predicted octanol–water partition coefficient (Wildman–Crippen LogP) is 0.559. The summed E-state index contributed by atoms with van der Waals surface area (Å²) in [5.74, 6) is 0.699. The number of rotatable bonds is 3. The van der Waals surface area contributed by atoms with E-state index in [1.165, 1.54) is 0 Å². The molecule has 1 aromatic heterocycles. The first-order valence-electron chi connectivity index (χ1n) is 6.38. The molecule has 0 aliphatic rings. The molecule has 22 heavy (non-hydrogen) atoms. The molecular formula is C16H12NNaO3S. The van der Waals surface area contributed by atoms with Gasteiger partial charge in [-0.15, -0.1) is 0 Å². The van der Waals surface area contributed by atoms with Crippen molar-refractivity contribution in [3.63, 3.8) is 0 Å². The summed E-state index contributed by atoms with van der Waals surface area (Å²) in [6, 6.07) is 16.4. The smallest absolute Gasteiger partial charge is 0.768 e. The Balaban J connectivity index is 0.00000176. The Morgan fingerprint density at radius 3 is 2.23 bits per heavy atom. The molecular weight excluding hydrogens is 309 g/mol. The molecule has 4 nitrogen and oxygen atoms in total. The predicted molar refractivity (Wildman–Crippen MR) is 79.3 cm³/mol. The third-order valence-corrected chi connectivity index (χ3v) is 3.90. The van der Waals surface area contributed by atoms with Gasteiger partial charge in [-0.3, -0.25) is 4.21 Å². The largest absolute Gasteiger partial charge is 1.00 e. The molecule has 0 aliphatic carbocycles. The molecule has 0 fully saturated rings. The zero-order valence-electron chi connectivity index (χ0n) is 12.3. The van der Waals surface area contributed by atoms with Crippen molar-refractivity contribution >= 4 is 11.1 Å². The third-order valence-electron chi connectivity index (χ3n) is 3.25. The van der Waals surface area contributed by atoms with Crippen LogP contribution in [-0.2, 0) is 11.1 Å². The van der Waals surface area contributed by atoms with E-state index in [0.717, 1.165) is 22.4 Å². The molecule has 0 saturated heterocycles.